The van der Waals surface area contributed by atoms with Gasteiger partial charge in [0.15, 0.2) is 6.29 Å². The van der Waals surface area contributed by atoms with Gasteiger partial charge in [-0.25, -0.2) is 0 Å². The minimum atomic E-state index is -1.58. The number of allylic oxidation sites excluding steroid dienone is 13. The average Bonchev–Trinajstić information content (AvgIpc) is 3.25. The molecule has 9 nitrogen and oxygen atoms in total. The smallest absolute Gasteiger partial charge is 0.220 e. The van der Waals surface area contributed by atoms with Crippen LogP contribution < -0.4 is 5.32 Å². The number of nitrogens with one attached hydrogen (secondary N) is 1. The summed E-state index contributed by atoms with van der Waals surface area (Å²) in [6.07, 6.45) is 49.1. The summed E-state index contributed by atoms with van der Waals surface area (Å²) in [5, 5.41) is 54.2. The number of aliphatic hydroxyl groups excluding tert-OH is 5. The highest BCUT2D eigenvalue weighted by molar-refractivity contribution is 5.76. The van der Waals surface area contributed by atoms with Gasteiger partial charge in [-0.05, 0) is 83.5 Å². The van der Waals surface area contributed by atoms with Crippen LogP contribution in [-0.4, -0.2) is 87.5 Å². The monoisotopic (exact) mass is 842 g/mol. The van der Waals surface area contributed by atoms with Crippen molar-refractivity contribution in [3.05, 3.63) is 85.1 Å². The second-order valence-corrected chi connectivity index (χ2v) is 16.1. The van der Waals surface area contributed by atoms with Crippen LogP contribution in [0.2, 0.25) is 0 Å². The van der Waals surface area contributed by atoms with Crippen molar-refractivity contribution in [1.82, 2.24) is 5.32 Å². The van der Waals surface area contributed by atoms with E-state index in [4.69, 9.17) is 9.47 Å². The number of rotatable bonds is 38. The molecule has 6 N–H and O–H groups in total. The van der Waals surface area contributed by atoms with Crippen molar-refractivity contribution >= 4 is 5.91 Å². The third-order valence-corrected chi connectivity index (χ3v) is 10.7. The predicted octanol–water partition coefficient (Wildman–Crippen LogP) is 10.3. The van der Waals surface area contributed by atoms with E-state index in [-0.39, 0.29) is 12.5 Å². The lowest BCUT2D eigenvalue weighted by Gasteiger charge is -2.40. The summed E-state index contributed by atoms with van der Waals surface area (Å²) in [7, 11) is 0. The third-order valence-electron chi connectivity index (χ3n) is 10.7. The zero-order valence-electron chi connectivity index (χ0n) is 37.7. The predicted molar refractivity (Wildman–Crippen MR) is 248 cm³/mol. The Hall–Kier alpha value is -2.63. The van der Waals surface area contributed by atoms with Crippen LogP contribution >= 0.6 is 0 Å². The van der Waals surface area contributed by atoms with Gasteiger partial charge in [0.05, 0.1) is 25.4 Å². The zero-order chi connectivity index (χ0) is 43.7. The molecule has 60 heavy (non-hydrogen) atoms. The molecule has 9 heteroatoms. The SMILES string of the molecule is CC/C=C\C/C=C\C/C=C\C/C=C\CCCCCCCCC(=O)NC(COC1OC(CO)C(O)C(O)C1O)C(O)/C=C/CC/C=C/CC/C=C/CCCCCCCCCC. The highest BCUT2D eigenvalue weighted by Crippen LogP contribution is 2.22. The van der Waals surface area contributed by atoms with Crippen molar-refractivity contribution in [2.75, 3.05) is 13.2 Å². The number of carbonyl (C=O) groups excluding carboxylic acids is 1. The van der Waals surface area contributed by atoms with Gasteiger partial charge in [0.2, 0.25) is 5.91 Å². The zero-order valence-corrected chi connectivity index (χ0v) is 37.7. The van der Waals surface area contributed by atoms with Crippen molar-refractivity contribution in [1.29, 1.82) is 0 Å². The van der Waals surface area contributed by atoms with Crippen LogP contribution in [0.15, 0.2) is 85.1 Å². The summed E-state index contributed by atoms with van der Waals surface area (Å²) in [6, 6.07) is -0.840. The molecule has 344 valence electrons. The Bertz CT molecular complexity index is 1210. The van der Waals surface area contributed by atoms with Gasteiger partial charge in [0, 0.05) is 6.42 Å². The lowest BCUT2D eigenvalue weighted by Crippen LogP contribution is -2.60. The van der Waals surface area contributed by atoms with Crippen LogP contribution in [0.4, 0.5) is 0 Å². The van der Waals surface area contributed by atoms with Gasteiger partial charge in [0.25, 0.3) is 0 Å². The molecule has 1 aliphatic rings. The van der Waals surface area contributed by atoms with Crippen molar-refractivity contribution in [2.45, 2.75) is 217 Å². The number of hydrogen-bond acceptors (Lipinski definition) is 8. The largest absolute Gasteiger partial charge is 0.394 e. The Balaban J connectivity index is 2.40. The van der Waals surface area contributed by atoms with E-state index >= 15 is 0 Å². The number of hydrogen-bond donors (Lipinski definition) is 6. The quantitative estimate of drug-likeness (QED) is 0.0266. The molecule has 0 spiro atoms. The summed E-state index contributed by atoms with van der Waals surface area (Å²) in [5.41, 5.74) is 0. The van der Waals surface area contributed by atoms with Crippen LogP contribution in [0.3, 0.4) is 0 Å². The van der Waals surface area contributed by atoms with E-state index in [2.05, 4.69) is 92.1 Å². The van der Waals surface area contributed by atoms with E-state index < -0.39 is 49.5 Å². The highest BCUT2D eigenvalue weighted by atomic mass is 16.7. The molecule has 1 fully saturated rings. The number of ether oxygens (including phenoxy) is 2. The molecular formula is C51H87NO8. The average molecular weight is 842 g/mol. The van der Waals surface area contributed by atoms with Crippen molar-refractivity contribution in [3.63, 3.8) is 0 Å². The van der Waals surface area contributed by atoms with Crippen LogP contribution in [0, 0.1) is 0 Å². The van der Waals surface area contributed by atoms with Gasteiger partial charge in [0.1, 0.15) is 24.4 Å². The molecule has 0 aromatic heterocycles. The summed E-state index contributed by atoms with van der Waals surface area (Å²) < 4.78 is 11.2. The molecular weight excluding hydrogens is 755 g/mol. The second-order valence-electron chi connectivity index (χ2n) is 16.1. The van der Waals surface area contributed by atoms with Crippen molar-refractivity contribution in [2.24, 2.45) is 0 Å². The first-order valence-electron chi connectivity index (χ1n) is 23.8. The van der Waals surface area contributed by atoms with Crippen molar-refractivity contribution in [3.8, 4) is 0 Å². The first kappa shape index (κ1) is 55.4. The van der Waals surface area contributed by atoms with Crippen LogP contribution in [0.1, 0.15) is 174 Å². The summed E-state index contributed by atoms with van der Waals surface area (Å²) in [5.74, 6) is -0.209. The fourth-order valence-electron chi connectivity index (χ4n) is 6.88. The Morgan fingerprint density at radius 3 is 1.60 bits per heavy atom. The van der Waals surface area contributed by atoms with E-state index in [0.29, 0.717) is 6.42 Å². The molecule has 1 rings (SSSR count). The minimum Gasteiger partial charge on any atom is -0.394 e. The molecule has 7 unspecified atom stereocenters. The maximum Gasteiger partial charge on any atom is 0.220 e. The molecule has 0 aliphatic carbocycles. The molecule has 0 bridgehead atoms. The van der Waals surface area contributed by atoms with Crippen LogP contribution in [-0.2, 0) is 14.3 Å². The van der Waals surface area contributed by atoms with E-state index in [9.17, 15) is 30.3 Å². The van der Waals surface area contributed by atoms with Gasteiger partial charge in [-0.3, -0.25) is 4.79 Å². The molecule has 0 saturated carbocycles. The maximum absolute atomic E-state index is 13.0. The highest BCUT2D eigenvalue weighted by Gasteiger charge is 2.44. The van der Waals surface area contributed by atoms with Gasteiger partial charge < -0.3 is 40.3 Å². The Morgan fingerprint density at radius 2 is 1.05 bits per heavy atom. The molecule has 1 heterocycles. The Morgan fingerprint density at radius 1 is 0.583 bits per heavy atom. The molecule has 7 atom stereocenters. The standard InChI is InChI=1S/C51H87NO8/c1-3-5-7-9-11-13-15-17-19-21-23-25-27-29-31-33-35-37-39-41-47(55)52-44(43-59-51-50(58)49(57)48(56)46(42-53)60-51)45(54)40-38-36-34-32-30-28-26-24-22-20-18-16-14-12-10-8-6-4-2/h5,7,11,13,17,19,22-25,30,32,38,40,44-46,48-51,53-54,56-58H,3-4,6,8-10,12,14-16,18,20-21,26-29,31,33-37,39,41-43H2,1-2H3,(H,52,55)/b7-5-,13-11-,19-17-,24-22+,25-23-,32-30+,40-38+. The summed E-state index contributed by atoms with van der Waals surface area (Å²) >= 11 is 0. The van der Waals surface area contributed by atoms with Crippen LogP contribution in [0.5, 0.6) is 0 Å². The lowest BCUT2D eigenvalue weighted by atomic mass is 9.99. The van der Waals surface area contributed by atoms with Crippen molar-refractivity contribution < 1.29 is 39.8 Å². The summed E-state index contributed by atoms with van der Waals surface area (Å²) in [6.45, 7) is 3.61. The fourth-order valence-corrected chi connectivity index (χ4v) is 6.88. The Kier molecular flexibility index (Phi) is 37.3. The molecule has 1 saturated heterocycles. The van der Waals surface area contributed by atoms with E-state index in [1.165, 1.54) is 51.4 Å². The second kappa shape index (κ2) is 40.4. The van der Waals surface area contributed by atoms with Crippen LogP contribution in [0.25, 0.3) is 0 Å². The van der Waals surface area contributed by atoms with Gasteiger partial charge >= 0.3 is 0 Å². The fraction of sp³-hybridized carbons (Fsp3) is 0.706. The molecule has 0 aromatic rings. The number of aliphatic hydroxyl groups is 5. The van der Waals surface area contributed by atoms with Gasteiger partial charge in [-0.1, -0.05) is 170 Å². The molecule has 1 amide bonds. The Labute approximate surface area is 365 Å². The molecule has 1 aliphatic heterocycles. The number of unbranched alkanes of at least 4 members (excludes halogenated alkanes) is 16. The maximum atomic E-state index is 13.0. The lowest BCUT2D eigenvalue weighted by molar-refractivity contribution is -0.302. The first-order valence-corrected chi connectivity index (χ1v) is 23.8. The molecule has 0 radical (unpaired) electrons. The van der Waals surface area contributed by atoms with E-state index in [0.717, 1.165) is 103 Å². The third kappa shape index (κ3) is 30.4. The topological polar surface area (TPSA) is 149 Å². The van der Waals surface area contributed by atoms with E-state index in [1.54, 1.807) is 6.08 Å². The number of carbonyl (C=O) groups is 1. The normalized spacial score (nSPS) is 21.4. The first-order chi connectivity index (χ1) is 29.3. The summed E-state index contributed by atoms with van der Waals surface area (Å²) in [4.78, 5) is 13.0. The molecule has 0 aromatic carbocycles. The minimum absolute atomic E-state index is 0.209. The van der Waals surface area contributed by atoms with Gasteiger partial charge in [-0.15, -0.1) is 0 Å². The van der Waals surface area contributed by atoms with Gasteiger partial charge in [-0.2, -0.15) is 0 Å². The van der Waals surface area contributed by atoms with E-state index in [1.807, 2.05) is 6.08 Å². The number of amides is 1.